The summed E-state index contributed by atoms with van der Waals surface area (Å²) < 4.78 is 82.6. The van der Waals surface area contributed by atoms with Crippen LogP contribution in [0.3, 0.4) is 0 Å². The Morgan fingerprint density at radius 1 is 1.03 bits per heavy atom. The lowest BCUT2D eigenvalue weighted by atomic mass is 10.0. The Labute approximate surface area is 201 Å². The van der Waals surface area contributed by atoms with Gasteiger partial charge in [-0.15, -0.1) is 0 Å². The molecule has 1 N–H and O–H groups in total. The molecule has 36 heavy (non-hydrogen) atoms. The van der Waals surface area contributed by atoms with E-state index < -0.39 is 47.5 Å². The molecular weight excluding hydrogens is 492 g/mol. The van der Waals surface area contributed by atoms with Crippen LogP contribution in [0.15, 0.2) is 47.7 Å². The Kier molecular flexibility index (Phi) is 6.45. The van der Waals surface area contributed by atoms with E-state index in [9.17, 15) is 35.9 Å². The normalized spacial score (nSPS) is 16.4. The number of nitrogens with one attached hydrogen (secondary N) is 1. The highest BCUT2D eigenvalue weighted by molar-refractivity contribution is 5.93. The highest BCUT2D eigenvalue weighted by atomic mass is 19.4. The first-order valence-corrected chi connectivity index (χ1v) is 10.8. The summed E-state index contributed by atoms with van der Waals surface area (Å²) in [6, 6.07) is 3.37. The Bertz CT molecular complexity index is 1330. The molecule has 0 radical (unpaired) electrons. The highest BCUT2D eigenvalue weighted by Crippen LogP contribution is 2.37. The average molecular weight is 513 g/mol. The molecule has 192 valence electrons. The summed E-state index contributed by atoms with van der Waals surface area (Å²) in [6.07, 6.45) is -6.92. The van der Waals surface area contributed by atoms with Gasteiger partial charge in [0.15, 0.2) is 0 Å². The largest absolute Gasteiger partial charge is 0.416 e. The van der Waals surface area contributed by atoms with Crippen LogP contribution in [0.1, 0.15) is 32.9 Å². The smallest absolute Gasteiger partial charge is 0.327 e. The van der Waals surface area contributed by atoms with Gasteiger partial charge in [-0.2, -0.15) is 26.3 Å². The van der Waals surface area contributed by atoms with Crippen LogP contribution in [0.4, 0.5) is 26.3 Å². The van der Waals surface area contributed by atoms with Gasteiger partial charge in [0.1, 0.15) is 11.4 Å². The molecule has 4 rings (SSSR count). The van der Waals surface area contributed by atoms with E-state index in [0.29, 0.717) is 17.8 Å². The number of halogens is 6. The number of nitrogens with zero attached hydrogens (tertiary/aromatic N) is 4. The van der Waals surface area contributed by atoms with Crippen molar-refractivity contribution >= 4 is 5.91 Å². The summed E-state index contributed by atoms with van der Waals surface area (Å²) in [5.74, 6) is -0.682. The molecule has 0 unspecified atom stereocenters. The second-order valence-corrected chi connectivity index (χ2v) is 8.50. The number of likely N-dealkylation sites (N-methyl/N-ethyl adjacent to an activating group) is 1. The number of aromatic nitrogens is 3. The number of imidazole rings is 1. The number of carbonyl (C=O) groups excluding carboxylic acids is 1. The molecule has 0 saturated heterocycles. The molecule has 0 saturated carbocycles. The average Bonchev–Trinajstić information content (AvgIpc) is 3.22. The van der Waals surface area contributed by atoms with Gasteiger partial charge in [-0.25, -0.2) is 4.98 Å². The van der Waals surface area contributed by atoms with Crippen molar-refractivity contribution in [1.29, 1.82) is 0 Å². The van der Waals surface area contributed by atoms with Gasteiger partial charge in [-0.3, -0.25) is 9.59 Å². The number of carbonyl (C=O) groups is 1. The molecular formula is C23H21F6N5O2. The van der Waals surface area contributed by atoms with E-state index in [0.717, 1.165) is 0 Å². The van der Waals surface area contributed by atoms with Crippen LogP contribution in [-0.2, 0) is 25.4 Å². The summed E-state index contributed by atoms with van der Waals surface area (Å²) in [6.45, 7) is 1.38. The maximum absolute atomic E-state index is 13.3. The number of hydrogen-bond acceptors (Lipinski definition) is 4. The van der Waals surface area contributed by atoms with Crippen molar-refractivity contribution in [1.82, 2.24) is 24.3 Å². The van der Waals surface area contributed by atoms with Crippen LogP contribution in [0.5, 0.6) is 0 Å². The summed E-state index contributed by atoms with van der Waals surface area (Å²) >= 11 is 0. The summed E-state index contributed by atoms with van der Waals surface area (Å²) in [5.41, 5.74) is -2.82. The van der Waals surface area contributed by atoms with Gasteiger partial charge in [0.2, 0.25) is 0 Å². The first-order valence-electron chi connectivity index (χ1n) is 10.8. The molecule has 0 aliphatic carbocycles. The number of fused-ring (bicyclic) bond motifs is 1. The fraction of sp³-hybridized carbons (Fsp3) is 0.348. The molecule has 0 spiro atoms. The molecule has 13 heteroatoms. The van der Waals surface area contributed by atoms with Crippen LogP contribution in [0.2, 0.25) is 0 Å². The van der Waals surface area contributed by atoms with Gasteiger partial charge < -0.3 is 19.4 Å². The Hall–Kier alpha value is -3.61. The molecule has 0 fully saturated rings. The SMILES string of the molecule is CNC[C@@H]1Cn2c(ccc(-n3cnc(C)c3)c2=O)C(=O)N1Cc1cc(C(F)(F)F)cc(C(F)(F)F)c1. The van der Waals surface area contributed by atoms with Gasteiger partial charge in [0, 0.05) is 25.8 Å². The van der Waals surface area contributed by atoms with Gasteiger partial charge in [-0.05, 0) is 49.9 Å². The molecule has 1 amide bonds. The van der Waals surface area contributed by atoms with E-state index in [2.05, 4.69) is 10.3 Å². The summed E-state index contributed by atoms with van der Waals surface area (Å²) in [5, 5.41) is 2.86. The molecule has 1 aliphatic rings. The number of aryl methyl sites for hydroxylation is 1. The number of amides is 1. The third kappa shape index (κ3) is 4.87. The van der Waals surface area contributed by atoms with E-state index in [1.807, 2.05) is 0 Å². The lowest BCUT2D eigenvalue weighted by Gasteiger charge is -2.37. The molecule has 3 heterocycles. The lowest BCUT2D eigenvalue weighted by Crippen LogP contribution is -2.54. The first kappa shape index (κ1) is 25.5. The fourth-order valence-corrected chi connectivity index (χ4v) is 4.23. The molecule has 3 aromatic rings. The van der Waals surface area contributed by atoms with Crippen molar-refractivity contribution in [3.63, 3.8) is 0 Å². The lowest BCUT2D eigenvalue weighted by molar-refractivity contribution is -0.143. The van der Waals surface area contributed by atoms with E-state index in [1.165, 1.54) is 32.5 Å². The van der Waals surface area contributed by atoms with Crippen molar-refractivity contribution < 1.29 is 31.1 Å². The minimum atomic E-state index is -5.01. The summed E-state index contributed by atoms with van der Waals surface area (Å²) in [7, 11) is 1.58. The number of rotatable bonds is 5. The first-order chi connectivity index (χ1) is 16.8. The van der Waals surface area contributed by atoms with Crippen LogP contribution in [0, 0.1) is 6.92 Å². The van der Waals surface area contributed by atoms with Crippen LogP contribution in [0.25, 0.3) is 5.69 Å². The molecule has 1 aromatic carbocycles. The monoisotopic (exact) mass is 513 g/mol. The van der Waals surface area contributed by atoms with E-state index in [4.69, 9.17) is 0 Å². The Morgan fingerprint density at radius 2 is 1.67 bits per heavy atom. The fourth-order valence-electron chi connectivity index (χ4n) is 4.23. The minimum absolute atomic E-state index is 0.00659. The number of alkyl halides is 6. The van der Waals surface area contributed by atoms with Gasteiger partial charge in [-0.1, -0.05) is 0 Å². The molecule has 7 nitrogen and oxygen atoms in total. The van der Waals surface area contributed by atoms with Gasteiger partial charge in [0.05, 0.1) is 29.2 Å². The van der Waals surface area contributed by atoms with Crippen molar-refractivity contribution in [2.24, 2.45) is 0 Å². The van der Waals surface area contributed by atoms with Crippen molar-refractivity contribution in [2.45, 2.75) is 38.4 Å². The van der Waals surface area contributed by atoms with Crippen LogP contribution < -0.4 is 10.9 Å². The third-order valence-corrected chi connectivity index (χ3v) is 5.90. The maximum atomic E-state index is 13.3. The standard InChI is InChI=1S/C23H21F6N5O2/c1-13-9-32(12-31-13)18-3-4-19-21(36)33(17(8-30-2)11-34(19)20(18)35)10-14-5-15(22(24,25)26)7-16(6-14)23(27,28)29/h3-7,9,12,17,30H,8,10-11H2,1-2H3/t17-/m1/s1. The van der Waals surface area contributed by atoms with Crippen LogP contribution in [-0.4, -0.2) is 44.6 Å². The number of hydrogen-bond donors (Lipinski definition) is 1. The predicted molar refractivity (Wildman–Crippen MR) is 117 cm³/mol. The van der Waals surface area contributed by atoms with Crippen molar-refractivity contribution in [2.75, 3.05) is 13.6 Å². The minimum Gasteiger partial charge on any atom is -0.327 e. The van der Waals surface area contributed by atoms with E-state index in [1.54, 1.807) is 20.2 Å². The number of pyridine rings is 1. The maximum Gasteiger partial charge on any atom is 0.416 e. The molecule has 1 atom stereocenters. The zero-order chi connectivity index (χ0) is 26.4. The second kappa shape index (κ2) is 9.12. The zero-order valence-corrected chi connectivity index (χ0v) is 19.1. The van der Waals surface area contributed by atoms with Crippen LogP contribution >= 0.6 is 0 Å². The number of benzene rings is 1. The summed E-state index contributed by atoms with van der Waals surface area (Å²) in [4.78, 5) is 31.8. The van der Waals surface area contributed by atoms with Gasteiger partial charge in [0.25, 0.3) is 11.5 Å². The van der Waals surface area contributed by atoms with E-state index in [-0.39, 0.29) is 36.1 Å². The zero-order valence-electron chi connectivity index (χ0n) is 19.1. The van der Waals surface area contributed by atoms with Crippen molar-refractivity contribution in [3.05, 3.63) is 81.3 Å². The third-order valence-electron chi connectivity index (χ3n) is 5.90. The highest BCUT2D eigenvalue weighted by Gasteiger charge is 2.38. The Balaban J connectivity index is 1.75. The van der Waals surface area contributed by atoms with Gasteiger partial charge >= 0.3 is 12.4 Å². The quantitative estimate of drug-likeness (QED) is 0.530. The topological polar surface area (TPSA) is 72.2 Å². The Morgan fingerprint density at radius 3 is 2.19 bits per heavy atom. The predicted octanol–water partition coefficient (Wildman–Crippen LogP) is 3.62. The molecule has 1 aliphatic heterocycles. The second-order valence-electron chi connectivity index (χ2n) is 8.50. The molecule has 0 bridgehead atoms. The van der Waals surface area contributed by atoms with E-state index >= 15 is 0 Å². The van der Waals surface area contributed by atoms with Crippen molar-refractivity contribution in [3.8, 4) is 5.69 Å². The molecule has 2 aromatic heterocycles.